The largest absolute Gasteiger partial charge is 0.495 e. The van der Waals surface area contributed by atoms with E-state index in [1.54, 1.807) is 6.92 Å². The lowest BCUT2D eigenvalue weighted by atomic mass is 10.2. The number of nitrogens with one attached hydrogen (secondary N) is 1. The molecule has 0 atom stereocenters. The van der Waals surface area contributed by atoms with Gasteiger partial charge in [0.25, 0.3) is 0 Å². The molecule has 1 N–H and O–H groups in total. The van der Waals surface area contributed by atoms with E-state index in [1.807, 2.05) is 0 Å². The number of carbonyl (C=O) groups excluding carboxylic acids is 2. The Morgan fingerprint density at radius 1 is 1.13 bits per heavy atom. The van der Waals surface area contributed by atoms with Gasteiger partial charge in [-0.1, -0.05) is 23.2 Å². The summed E-state index contributed by atoms with van der Waals surface area (Å²) in [5, 5.41) is 2.98. The minimum atomic E-state index is -3.85. The molecule has 0 unspecified atom stereocenters. The molecule has 0 aliphatic rings. The molecular formula is C19H20Cl2N2O6S. The molecule has 2 aromatic rings. The Kier molecular flexibility index (Phi) is 7.94. The zero-order valence-electron chi connectivity index (χ0n) is 16.4. The number of carbonyl (C=O) groups is 2. The Morgan fingerprint density at radius 2 is 1.83 bits per heavy atom. The average molecular weight is 475 g/mol. The molecule has 2 aromatic carbocycles. The maximum atomic E-state index is 12.6. The fourth-order valence-corrected chi connectivity index (χ4v) is 3.75. The maximum absolute atomic E-state index is 12.6. The standard InChI is InChI=1S/C19H20Cl2N2O6S/c1-4-29-19(25)14-10-13(6-7-15(14)21)22-18(24)11-23(30(3,26)27)16-9-12(20)5-8-17(16)28-2/h5-10H,4,11H2,1-3H3,(H,22,24). The van der Waals surface area contributed by atoms with E-state index in [0.717, 1.165) is 10.6 Å². The lowest BCUT2D eigenvalue weighted by Gasteiger charge is -2.24. The molecule has 0 saturated heterocycles. The van der Waals surface area contributed by atoms with Crippen molar-refractivity contribution in [3.05, 3.63) is 52.0 Å². The predicted octanol–water partition coefficient (Wildman–Crippen LogP) is 3.58. The zero-order valence-corrected chi connectivity index (χ0v) is 18.8. The van der Waals surface area contributed by atoms with E-state index in [4.69, 9.17) is 32.7 Å². The topological polar surface area (TPSA) is 102 Å². The number of amides is 1. The number of rotatable bonds is 8. The van der Waals surface area contributed by atoms with Crippen molar-refractivity contribution in [1.29, 1.82) is 0 Å². The molecule has 11 heteroatoms. The Bertz CT molecular complexity index is 1060. The molecule has 2 rings (SSSR count). The molecule has 0 aromatic heterocycles. The molecule has 0 spiro atoms. The quantitative estimate of drug-likeness (QED) is 0.586. The summed E-state index contributed by atoms with van der Waals surface area (Å²) in [5.41, 5.74) is 0.442. The summed E-state index contributed by atoms with van der Waals surface area (Å²) in [4.78, 5) is 24.5. The van der Waals surface area contributed by atoms with E-state index in [0.29, 0.717) is 0 Å². The first-order valence-electron chi connectivity index (χ1n) is 8.64. The number of anilines is 2. The molecule has 30 heavy (non-hydrogen) atoms. The molecule has 8 nitrogen and oxygen atoms in total. The summed E-state index contributed by atoms with van der Waals surface area (Å²) >= 11 is 12.0. The Hall–Kier alpha value is -2.49. The second-order valence-corrected chi connectivity index (χ2v) is 8.80. The van der Waals surface area contributed by atoms with Gasteiger partial charge in [-0.2, -0.15) is 0 Å². The van der Waals surface area contributed by atoms with E-state index in [2.05, 4.69) is 5.32 Å². The number of halogens is 2. The number of methoxy groups -OCH3 is 1. The predicted molar refractivity (Wildman–Crippen MR) is 116 cm³/mol. The van der Waals surface area contributed by atoms with E-state index in [9.17, 15) is 18.0 Å². The summed E-state index contributed by atoms with van der Waals surface area (Å²) < 4.78 is 35.6. The van der Waals surface area contributed by atoms with Gasteiger partial charge < -0.3 is 14.8 Å². The molecule has 0 bridgehead atoms. The maximum Gasteiger partial charge on any atom is 0.339 e. The van der Waals surface area contributed by atoms with Gasteiger partial charge in [-0.15, -0.1) is 0 Å². The number of ether oxygens (including phenoxy) is 2. The van der Waals surface area contributed by atoms with Crippen molar-refractivity contribution in [2.24, 2.45) is 0 Å². The third-order valence-electron chi connectivity index (χ3n) is 3.84. The summed E-state index contributed by atoms with van der Waals surface area (Å²) in [7, 11) is -2.48. The highest BCUT2D eigenvalue weighted by Crippen LogP contribution is 2.32. The van der Waals surface area contributed by atoms with Crippen molar-refractivity contribution in [2.45, 2.75) is 6.92 Å². The second kappa shape index (κ2) is 10.0. The van der Waals surface area contributed by atoms with Crippen LogP contribution >= 0.6 is 23.2 Å². The van der Waals surface area contributed by atoms with Crippen molar-refractivity contribution >= 4 is 56.5 Å². The summed E-state index contributed by atoms with van der Waals surface area (Å²) in [5.74, 6) is -1.06. The van der Waals surface area contributed by atoms with E-state index in [1.165, 1.54) is 43.5 Å². The monoisotopic (exact) mass is 474 g/mol. The SMILES string of the molecule is CCOC(=O)c1cc(NC(=O)CN(c2cc(Cl)ccc2OC)S(C)(=O)=O)ccc1Cl. The highest BCUT2D eigenvalue weighted by atomic mass is 35.5. The van der Waals surface area contributed by atoms with Gasteiger partial charge in [0.2, 0.25) is 15.9 Å². The molecule has 1 amide bonds. The minimum Gasteiger partial charge on any atom is -0.495 e. The van der Waals surface area contributed by atoms with Crippen LogP contribution in [0.2, 0.25) is 10.0 Å². The van der Waals surface area contributed by atoms with Crippen LogP contribution in [0, 0.1) is 0 Å². The summed E-state index contributed by atoms with van der Waals surface area (Å²) in [6.07, 6.45) is 0.960. The number of esters is 1. The van der Waals surface area contributed by atoms with Crippen LogP contribution in [0.3, 0.4) is 0 Å². The van der Waals surface area contributed by atoms with Gasteiger partial charge in [0.1, 0.15) is 12.3 Å². The van der Waals surface area contributed by atoms with Crippen molar-refractivity contribution in [3.63, 3.8) is 0 Å². The Labute approximate surface area is 184 Å². The molecular weight excluding hydrogens is 455 g/mol. The molecule has 0 saturated carbocycles. The highest BCUT2D eigenvalue weighted by Gasteiger charge is 2.24. The lowest BCUT2D eigenvalue weighted by Crippen LogP contribution is -2.37. The van der Waals surface area contributed by atoms with Gasteiger partial charge in [-0.3, -0.25) is 9.10 Å². The first kappa shape index (κ1) is 23.8. The Morgan fingerprint density at radius 3 is 2.43 bits per heavy atom. The van der Waals surface area contributed by atoms with Crippen LogP contribution in [0.25, 0.3) is 0 Å². The van der Waals surface area contributed by atoms with Crippen LogP contribution in [0.5, 0.6) is 5.75 Å². The smallest absolute Gasteiger partial charge is 0.339 e. The molecule has 0 radical (unpaired) electrons. The van der Waals surface area contributed by atoms with Crippen LogP contribution in [-0.4, -0.2) is 46.8 Å². The van der Waals surface area contributed by atoms with Gasteiger partial charge >= 0.3 is 5.97 Å². The van der Waals surface area contributed by atoms with Crippen LogP contribution in [-0.2, 0) is 19.6 Å². The van der Waals surface area contributed by atoms with Crippen LogP contribution < -0.4 is 14.4 Å². The number of hydrogen-bond acceptors (Lipinski definition) is 6. The molecule has 0 aliphatic carbocycles. The normalized spacial score (nSPS) is 11.0. The molecule has 0 aliphatic heterocycles. The van der Waals surface area contributed by atoms with Crippen molar-refractivity contribution in [2.75, 3.05) is 36.1 Å². The molecule has 0 fully saturated rings. The summed E-state index contributed by atoms with van der Waals surface area (Å²) in [6.45, 7) is 1.27. The number of benzene rings is 2. The van der Waals surface area contributed by atoms with Crippen molar-refractivity contribution in [3.8, 4) is 5.75 Å². The lowest BCUT2D eigenvalue weighted by molar-refractivity contribution is -0.114. The number of nitrogens with zero attached hydrogens (tertiary/aromatic N) is 1. The first-order chi connectivity index (χ1) is 14.1. The van der Waals surface area contributed by atoms with Gasteiger partial charge in [-0.25, -0.2) is 13.2 Å². The van der Waals surface area contributed by atoms with Crippen LogP contribution in [0.1, 0.15) is 17.3 Å². The van der Waals surface area contributed by atoms with Gasteiger partial charge in [0.15, 0.2) is 0 Å². The third kappa shape index (κ3) is 6.01. The van der Waals surface area contributed by atoms with E-state index >= 15 is 0 Å². The zero-order chi connectivity index (χ0) is 22.5. The molecule has 0 heterocycles. The van der Waals surface area contributed by atoms with Gasteiger partial charge in [0.05, 0.1) is 36.2 Å². The van der Waals surface area contributed by atoms with E-state index in [-0.39, 0.29) is 39.3 Å². The second-order valence-electron chi connectivity index (χ2n) is 6.05. The van der Waals surface area contributed by atoms with E-state index < -0.39 is 28.4 Å². The fourth-order valence-electron chi connectivity index (χ4n) is 2.54. The third-order valence-corrected chi connectivity index (χ3v) is 5.53. The fraction of sp³-hybridized carbons (Fsp3) is 0.263. The van der Waals surface area contributed by atoms with Crippen LogP contribution in [0.4, 0.5) is 11.4 Å². The highest BCUT2D eigenvalue weighted by molar-refractivity contribution is 7.92. The van der Waals surface area contributed by atoms with Crippen molar-refractivity contribution < 1.29 is 27.5 Å². The minimum absolute atomic E-state index is 0.0767. The van der Waals surface area contributed by atoms with Crippen LogP contribution in [0.15, 0.2) is 36.4 Å². The van der Waals surface area contributed by atoms with Crippen molar-refractivity contribution in [1.82, 2.24) is 0 Å². The summed E-state index contributed by atoms with van der Waals surface area (Å²) in [6, 6.07) is 8.68. The number of hydrogen-bond donors (Lipinski definition) is 1. The number of sulfonamides is 1. The van der Waals surface area contributed by atoms with Gasteiger partial charge in [-0.05, 0) is 43.3 Å². The molecule has 162 valence electrons. The first-order valence-corrected chi connectivity index (χ1v) is 11.2. The average Bonchev–Trinajstić information content (AvgIpc) is 2.67. The Balaban J connectivity index is 2.30. The van der Waals surface area contributed by atoms with Gasteiger partial charge in [0, 0.05) is 10.7 Å².